The van der Waals surface area contributed by atoms with Crippen LogP contribution in [0.15, 0.2) is 16.5 Å². The molecular formula is C10H15NO3. The van der Waals surface area contributed by atoms with Crippen molar-refractivity contribution in [2.45, 2.75) is 26.4 Å². The molecule has 2 N–H and O–H groups in total. The fourth-order valence-electron chi connectivity index (χ4n) is 1.02. The molecule has 0 radical (unpaired) electrons. The zero-order valence-electron chi connectivity index (χ0n) is 8.41. The van der Waals surface area contributed by atoms with Gasteiger partial charge >= 0.3 is 0 Å². The summed E-state index contributed by atoms with van der Waals surface area (Å²) < 4.78 is 5.23. The molecule has 0 saturated heterocycles. The highest BCUT2D eigenvalue weighted by atomic mass is 16.3. The zero-order valence-corrected chi connectivity index (χ0v) is 8.41. The van der Waals surface area contributed by atoms with Crippen molar-refractivity contribution in [2.75, 3.05) is 6.54 Å². The van der Waals surface area contributed by atoms with E-state index in [-0.39, 0.29) is 12.5 Å². The Balaban J connectivity index is 2.52. The minimum atomic E-state index is -0.542. The number of amides is 1. The van der Waals surface area contributed by atoms with Crippen LogP contribution in [-0.2, 0) is 6.42 Å². The normalized spacial score (nSPS) is 12.5. The predicted octanol–water partition coefficient (Wildman–Crippen LogP) is 0.953. The van der Waals surface area contributed by atoms with Crippen LogP contribution < -0.4 is 5.32 Å². The maximum atomic E-state index is 11.4. The van der Waals surface area contributed by atoms with E-state index >= 15 is 0 Å². The van der Waals surface area contributed by atoms with E-state index in [1.807, 2.05) is 6.92 Å². The summed E-state index contributed by atoms with van der Waals surface area (Å²) >= 11 is 0. The summed E-state index contributed by atoms with van der Waals surface area (Å²) in [5, 5.41) is 11.5. The quantitative estimate of drug-likeness (QED) is 0.755. The van der Waals surface area contributed by atoms with Crippen molar-refractivity contribution in [1.82, 2.24) is 5.32 Å². The summed E-state index contributed by atoms with van der Waals surface area (Å²) in [6, 6.07) is 3.41. The Morgan fingerprint density at radius 1 is 1.64 bits per heavy atom. The number of hydrogen-bond donors (Lipinski definition) is 2. The van der Waals surface area contributed by atoms with Crippen LogP contribution in [0.3, 0.4) is 0 Å². The van der Waals surface area contributed by atoms with Gasteiger partial charge in [0.25, 0.3) is 5.91 Å². The number of aryl methyl sites for hydroxylation is 1. The van der Waals surface area contributed by atoms with Crippen LogP contribution in [0.25, 0.3) is 0 Å². The lowest BCUT2D eigenvalue weighted by atomic mass is 10.3. The molecular weight excluding hydrogens is 182 g/mol. The molecule has 1 heterocycles. The van der Waals surface area contributed by atoms with E-state index < -0.39 is 6.10 Å². The van der Waals surface area contributed by atoms with Crippen LogP contribution in [0.2, 0.25) is 0 Å². The number of rotatable bonds is 4. The second kappa shape index (κ2) is 4.81. The second-order valence-electron chi connectivity index (χ2n) is 3.18. The number of carbonyl (C=O) groups is 1. The van der Waals surface area contributed by atoms with Crippen molar-refractivity contribution in [2.24, 2.45) is 0 Å². The molecule has 0 aliphatic rings. The van der Waals surface area contributed by atoms with Crippen molar-refractivity contribution in [3.05, 3.63) is 23.7 Å². The van der Waals surface area contributed by atoms with E-state index in [0.717, 1.165) is 12.2 Å². The average molecular weight is 197 g/mol. The molecule has 78 valence electrons. The van der Waals surface area contributed by atoms with E-state index in [0.29, 0.717) is 5.76 Å². The third-order valence-corrected chi connectivity index (χ3v) is 1.79. The summed E-state index contributed by atoms with van der Waals surface area (Å²) in [5.41, 5.74) is 0. The lowest BCUT2D eigenvalue weighted by Gasteiger charge is -2.04. The first kappa shape index (κ1) is 10.8. The SMILES string of the molecule is CCc1ccc(C(=O)NC[C@@H](C)O)o1. The molecule has 1 amide bonds. The summed E-state index contributed by atoms with van der Waals surface area (Å²) in [6.07, 6.45) is 0.225. The van der Waals surface area contributed by atoms with Crippen LogP contribution in [0.5, 0.6) is 0 Å². The number of carbonyl (C=O) groups excluding carboxylic acids is 1. The Morgan fingerprint density at radius 3 is 2.86 bits per heavy atom. The van der Waals surface area contributed by atoms with E-state index in [2.05, 4.69) is 5.32 Å². The Kier molecular flexibility index (Phi) is 3.71. The lowest BCUT2D eigenvalue weighted by Crippen LogP contribution is -2.30. The number of aliphatic hydroxyl groups excluding tert-OH is 1. The molecule has 0 spiro atoms. The highest BCUT2D eigenvalue weighted by molar-refractivity contribution is 5.91. The van der Waals surface area contributed by atoms with E-state index in [1.165, 1.54) is 0 Å². The zero-order chi connectivity index (χ0) is 10.6. The number of furan rings is 1. The van der Waals surface area contributed by atoms with Crippen LogP contribution in [0, 0.1) is 0 Å². The Labute approximate surface area is 82.9 Å². The van der Waals surface area contributed by atoms with Gasteiger partial charge in [-0.25, -0.2) is 0 Å². The topological polar surface area (TPSA) is 62.5 Å². The molecule has 1 atom stereocenters. The average Bonchev–Trinajstić information content (AvgIpc) is 2.62. The molecule has 4 heteroatoms. The molecule has 0 unspecified atom stereocenters. The number of aliphatic hydroxyl groups is 1. The maximum Gasteiger partial charge on any atom is 0.287 e. The van der Waals surface area contributed by atoms with Crippen LogP contribution in [0.1, 0.15) is 30.2 Å². The van der Waals surface area contributed by atoms with Crippen LogP contribution in [-0.4, -0.2) is 23.7 Å². The number of nitrogens with one attached hydrogen (secondary N) is 1. The monoisotopic (exact) mass is 197 g/mol. The number of hydrogen-bond acceptors (Lipinski definition) is 3. The minimum absolute atomic E-state index is 0.237. The summed E-state index contributed by atoms with van der Waals surface area (Å²) in [4.78, 5) is 11.4. The van der Waals surface area contributed by atoms with Gasteiger partial charge in [-0.3, -0.25) is 4.79 Å². The van der Waals surface area contributed by atoms with Gasteiger partial charge in [0, 0.05) is 13.0 Å². The first-order chi connectivity index (χ1) is 6.63. The molecule has 1 rings (SSSR count). The van der Waals surface area contributed by atoms with Crippen molar-refractivity contribution >= 4 is 5.91 Å². The smallest absolute Gasteiger partial charge is 0.287 e. The van der Waals surface area contributed by atoms with Gasteiger partial charge in [0.05, 0.1) is 6.10 Å². The van der Waals surface area contributed by atoms with Gasteiger partial charge in [-0.05, 0) is 19.1 Å². The maximum absolute atomic E-state index is 11.4. The van der Waals surface area contributed by atoms with Crippen LogP contribution >= 0.6 is 0 Å². The third-order valence-electron chi connectivity index (χ3n) is 1.79. The van der Waals surface area contributed by atoms with Gasteiger partial charge in [0.1, 0.15) is 5.76 Å². The van der Waals surface area contributed by atoms with Gasteiger partial charge in [-0.2, -0.15) is 0 Å². The van der Waals surface area contributed by atoms with Crippen molar-refractivity contribution in [3.63, 3.8) is 0 Å². The highest BCUT2D eigenvalue weighted by Gasteiger charge is 2.10. The Morgan fingerprint density at radius 2 is 2.36 bits per heavy atom. The highest BCUT2D eigenvalue weighted by Crippen LogP contribution is 2.07. The molecule has 4 nitrogen and oxygen atoms in total. The molecule has 0 aliphatic heterocycles. The molecule has 0 aliphatic carbocycles. The molecule has 14 heavy (non-hydrogen) atoms. The molecule has 0 fully saturated rings. The molecule has 1 aromatic heterocycles. The Hall–Kier alpha value is -1.29. The fourth-order valence-corrected chi connectivity index (χ4v) is 1.02. The lowest BCUT2D eigenvalue weighted by molar-refractivity contribution is 0.0895. The molecule has 1 aromatic rings. The summed E-state index contributed by atoms with van der Waals surface area (Å²) in [6.45, 7) is 3.80. The first-order valence-corrected chi connectivity index (χ1v) is 4.68. The third kappa shape index (κ3) is 2.88. The first-order valence-electron chi connectivity index (χ1n) is 4.68. The van der Waals surface area contributed by atoms with Gasteiger partial charge < -0.3 is 14.8 Å². The van der Waals surface area contributed by atoms with Gasteiger partial charge in [0.2, 0.25) is 0 Å². The second-order valence-corrected chi connectivity index (χ2v) is 3.18. The standard InChI is InChI=1S/C10H15NO3/c1-3-8-4-5-9(14-8)10(13)11-6-7(2)12/h4-5,7,12H,3,6H2,1-2H3,(H,11,13)/t7-/m1/s1. The fraction of sp³-hybridized carbons (Fsp3) is 0.500. The summed E-state index contributed by atoms with van der Waals surface area (Å²) in [7, 11) is 0. The van der Waals surface area contributed by atoms with Crippen molar-refractivity contribution < 1.29 is 14.3 Å². The molecule has 0 saturated carbocycles. The largest absolute Gasteiger partial charge is 0.456 e. The van der Waals surface area contributed by atoms with Crippen molar-refractivity contribution in [3.8, 4) is 0 Å². The van der Waals surface area contributed by atoms with E-state index in [1.54, 1.807) is 19.1 Å². The Bertz CT molecular complexity index is 304. The van der Waals surface area contributed by atoms with Crippen LogP contribution in [0.4, 0.5) is 0 Å². The van der Waals surface area contributed by atoms with Crippen molar-refractivity contribution in [1.29, 1.82) is 0 Å². The summed E-state index contributed by atoms with van der Waals surface area (Å²) in [5.74, 6) is 0.792. The minimum Gasteiger partial charge on any atom is -0.456 e. The van der Waals surface area contributed by atoms with Gasteiger partial charge in [0.15, 0.2) is 5.76 Å². The van der Waals surface area contributed by atoms with Gasteiger partial charge in [-0.15, -0.1) is 0 Å². The van der Waals surface area contributed by atoms with E-state index in [4.69, 9.17) is 9.52 Å². The van der Waals surface area contributed by atoms with E-state index in [9.17, 15) is 4.79 Å². The molecule has 0 bridgehead atoms. The predicted molar refractivity (Wildman–Crippen MR) is 52.1 cm³/mol. The van der Waals surface area contributed by atoms with Gasteiger partial charge in [-0.1, -0.05) is 6.92 Å². The molecule has 0 aromatic carbocycles.